The van der Waals surface area contributed by atoms with Gasteiger partial charge in [-0.25, -0.2) is 9.97 Å². The molecule has 0 bridgehead atoms. The molecule has 3 heterocycles. The van der Waals surface area contributed by atoms with Gasteiger partial charge in [0, 0.05) is 49.3 Å². The van der Waals surface area contributed by atoms with Gasteiger partial charge in [-0.2, -0.15) is 4.98 Å². The van der Waals surface area contributed by atoms with Crippen molar-refractivity contribution in [3.8, 4) is 0 Å². The second-order valence-corrected chi connectivity index (χ2v) is 9.89. The first kappa shape index (κ1) is 22.1. The molecule has 1 aromatic carbocycles. The van der Waals surface area contributed by atoms with Crippen LogP contribution in [0.15, 0.2) is 54.4 Å². The van der Waals surface area contributed by atoms with E-state index in [1.807, 2.05) is 6.20 Å². The van der Waals surface area contributed by atoms with Gasteiger partial charge in [-0.1, -0.05) is 25.0 Å². The summed E-state index contributed by atoms with van der Waals surface area (Å²) in [5.41, 5.74) is 5.20. The van der Waals surface area contributed by atoms with Crippen LogP contribution in [-0.4, -0.2) is 57.6 Å². The van der Waals surface area contributed by atoms with Crippen molar-refractivity contribution in [3.63, 3.8) is 0 Å². The molecule has 1 saturated heterocycles. The number of rotatable bonds is 6. The molecule has 3 aromatic rings. The Labute approximate surface area is 206 Å². The van der Waals surface area contributed by atoms with Crippen LogP contribution in [0.5, 0.6) is 0 Å². The molecule has 0 spiro atoms. The number of nitrogens with one attached hydrogen (secondary N) is 2. The Hall–Kier alpha value is -3.39. The Kier molecular flexibility index (Phi) is 6.12. The summed E-state index contributed by atoms with van der Waals surface area (Å²) >= 11 is 0. The van der Waals surface area contributed by atoms with Crippen LogP contribution in [0.1, 0.15) is 44.6 Å². The van der Waals surface area contributed by atoms with Gasteiger partial charge in [0.15, 0.2) is 5.65 Å². The van der Waals surface area contributed by atoms with Gasteiger partial charge in [-0.3, -0.25) is 4.57 Å². The molecular formula is C27H34N8. The topological polar surface area (TPSA) is 74.1 Å². The molecule has 3 aliphatic rings. The average Bonchev–Trinajstić information content (AvgIpc) is 3.53. The maximum atomic E-state index is 4.94. The Morgan fingerprint density at radius 3 is 2.49 bits per heavy atom. The Morgan fingerprint density at radius 1 is 0.943 bits per heavy atom. The van der Waals surface area contributed by atoms with E-state index in [1.165, 1.54) is 37.1 Å². The molecule has 0 radical (unpaired) electrons. The minimum absolute atomic E-state index is 0.424. The molecule has 2 aromatic heterocycles. The summed E-state index contributed by atoms with van der Waals surface area (Å²) < 4.78 is 2.31. The molecule has 1 saturated carbocycles. The summed E-state index contributed by atoms with van der Waals surface area (Å²) in [6.45, 7) is 4.34. The number of piperazine rings is 1. The van der Waals surface area contributed by atoms with Crippen molar-refractivity contribution in [2.45, 2.75) is 44.6 Å². The van der Waals surface area contributed by atoms with E-state index in [0.717, 1.165) is 61.8 Å². The second kappa shape index (κ2) is 9.70. The summed E-state index contributed by atoms with van der Waals surface area (Å²) in [4.78, 5) is 19.2. The van der Waals surface area contributed by atoms with Gasteiger partial charge in [-0.05, 0) is 63.1 Å². The lowest BCUT2D eigenvalue weighted by atomic mass is 10.1. The number of hydrogen-bond acceptors (Lipinski definition) is 7. The highest BCUT2D eigenvalue weighted by Crippen LogP contribution is 2.35. The molecule has 2 fully saturated rings. The van der Waals surface area contributed by atoms with Gasteiger partial charge in [-0.15, -0.1) is 0 Å². The molecule has 2 aliphatic carbocycles. The van der Waals surface area contributed by atoms with E-state index >= 15 is 0 Å². The molecule has 1 aliphatic heterocycles. The van der Waals surface area contributed by atoms with Crippen LogP contribution < -0.4 is 15.5 Å². The fourth-order valence-electron chi connectivity index (χ4n) is 5.35. The van der Waals surface area contributed by atoms with E-state index in [9.17, 15) is 0 Å². The number of anilines is 4. The van der Waals surface area contributed by atoms with Crippen molar-refractivity contribution in [2.75, 3.05) is 48.8 Å². The fourth-order valence-corrected chi connectivity index (χ4v) is 5.35. The number of benzene rings is 1. The Morgan fingerprint density at radius 2 is 1.74 bits per heavy atom. The monoisotopic (exact) mass is 470 g/mol. The molecule has 8 nitrogen and oxygen atoms in total. The number of nitrogens with zero attached hydrogens (tertiary/aromatic N) is 6. The van der Waals surface area contributed by atoms with Gasteiger partial charge in [0.25, 0.3) is 0 Å². The Bertz CT molecular complexity index is 1230. The molecule has 8 heteroatoms. The SMILES string of the molecule is CN1CCN(c2ccc(Nc3ncc4nc(NC5=CC=CCC5)n(C5CCCC5)c4n3)cc2)CC1. The molecule has 0 amide bonds. The molecule has 6 rings (SSSR count). The first-order valence-electron chi connectivity index (χ1n) is 12.9. The van der Waals surface area contributed by atoms with E-state index in [2.05, 4.69) is 79.5 Å². The zero-order chi connectivity index (χ0) is 23.6. The predicted molar refractivity (Wildman–Crippen MR) is 142 cm³/mol. The number of imidazole rings is 1. The van der Waals surface area contributed by atoms with Crippen LogP contribution in [0.25, 0.3) is 11.2 Å². The van der Waals surface area contributed by atoms with Crippen LogP contribution >= 0.6 is 0 Å². The van der Waals surface area contributed by atoms with Gasteiger partial charge < -0.3 is 20.4 Å². The summed E-state index contributed by atoms with van der Waals surface area (Å²) in [6, 6.07) is 9.02. The quantitative estimate of drug-likeness (QED) is 0.520. The lowest BCUT2D eigenvalue weighted by Crippen LogP contribution is -2.44. The molecule has 182 valence electrons. The number of hydrogen-bond donors (Lipinski definition) is 2. The van der Waals surface area contributed by atoms with Gasteiger partial charge in [0.05, 0.1) is 6.20 Å². The van der Waals surface area contributed by atoms with Crippen molar-refractivity contribution in [1.29, 1.82) is 0 Å². The van der Waals surface area contributed by atoms with E-state index < -0.39 is 0 Å². The van der Waals surface area contributed by atoms with Crippen LogP contribution in [0.4, 0.5) is 23.3 Å². The van der Waals surface area contributed by atoms with Crippen LogP contribution in [-0.2, 0) is 0 Å². The average molecular weight is 471 g/mol. The lowest BCUT2D eigenvalue weighted by Gasteiger charge is -2.34. The second-order valence-electron chi connectivity index (χ2n) is 9.89. The number of allylic oxidation sites excluding steroid dienone is 4. The van der Waals surface area contributed by atoms with E-state index in [-0.39, 0.29) is 0 Å². The third-order valence-electron chi connectivity index (χ3n) is 7.40. The lowest BCUT2D eigenvalue weighted by molar-refractivity contribution is 0.313. The van der Waals surface area contributed by atoms with Crippen molar-refractivity contribution in [2.24, 2.45) is 0 Å². The van der Waals surface area contributed by atoms with Crippen molar-refractivity contribution >= 4 is 34.4 Å². The summed E-state index contributed by atoms with van der Waals surface area (Å²) in [6.07, 6.45) is 15.2. The van der Waals surface area contributed by atoms with Gasteiger partial charge >= 0.3 is 0 Å². The number of aromatic nitrogens is 4. The zero-order valence-electron chi connectivity index (χ0n) is 20.5. The van der Waals surface area contributed by atoms with E-state index in [1.54, 1.807) is 0 Å². The Balaban J connectivity index is 1.25. The van der Waals surface area contributed by atoms with Crippen LogP contribution in [0.3, 0.4) is 0 Å². The van der Waals surface area contributed by atoms with Crippen molar-refractivity contribution < 1.29 is 0 Å². The third kappa shape index (κ3) is 4.75. The minimum Gasteiger partial charge on any atom is -0.369 e. The first-order chi connectivity index (χ1) is 17.2. The molecular weight excluding hydrogens is 436 g/mol. The van der Waals surface area contributed by atoms with E-state index in [4.69, 9.17) is 9.97 Å². The molecule has 0 atom stereocenters. The number of fused-ring (bicyclic) bond motifs is 1. The largest absolute Gasteiger partial charge is 0.369 e. The maximum absolute atomic E-state index is 4.94. The molecule has 35 heavy (non-hydrogen) atoms. The highest BCUT2D eigenvalue weighted by atomic mass is 15.3. The summed E-state index contributed by atoms with van der Waals surface area (Å²) in [5, 5.41) is 7.00. The summed E-state index contributed by atoms with van der Waals surface area (Å²) in [7, 11) is 2.18. The van der Waals surface area contributed by atoms with Crippen molar-refractivity contribution in [3.05, 3.63) is 54.4 Å². The molecule has 0 unspecified atom stereocenters. The normalized spacial score (nSPS) is 19.3. The first-order valence-corrected chi connectivity index (χ1v) is 12.9. The van der Waals surface area contributed by atoms with Crippen LogP contribution in [0.2, 0.25) is 0 Å². The number of likely N-dealkylation sites (N-methyl/N-ethyl adjacent to an activating group) is 1. The minimum atomic E-state index is 0.424. The zero-order valence-corrected chi connectivity index (χ0v) is 20.5. The summed E-state index contributed by atoms with van der Waals surface area (Å²) in [5.74, 6) is 1.49. The highest BCUT2D eigenvalue weighted by Gasteiger charge is 2.24. The fraction of sp³-hybridized carbons (Fsp3) is 0.444. The van der Waals surface area contributed by atoms with Gasteiger partial charge in [0.1, 0.15) is 5.52 Å². The van der Waals surface area contributed by atoms with Crippen LogP contribution in [0, 0.1) is 0 Å². The highest BCUT2D eigenvalue weighted by molar-refractivity contribution is 5.76. The van der Waals surface area contributed by atoms with E-state index in [0.29, 0.717) is 12.0 Å². The smallest absolute Gasteiger partial charge is 0.229 e. The van der Waals surface area contributed by atoms with Crippen molar-refractivity contribution in [1.82, 2.24) is 24.4 Å². The maximum Gasteiger partial charge on any atom is 0.229 e. The predicted octanol–water partition coefficient (Wildman–Crippen LogP) is 5.08. The molecule has 2 N–H and O–H groups in total. The van der Waals surface area contributed by atoms with Gasteiger partial charge in [0.2, 0.25) is 11.9 Å². The standard InChI is InChI=1S/C27H34N8/c1-33-15-17-34(18-16-33)22-13-11-21(12-14-22)29-26-28-19-24-25(32-26)35(23-9-5-6-10-23)27(31-24)30-20-7-3-2-4-8-20/h2-3,7,11-14,19,23H,4-6,8-10,15-18H2,1H3,(H,30,31)(H,28,29,32). The third-order valence-corrected chi connectivity index (χ3v) is 7.40.